The van der Waals surface area contributed by atoms with Crippen LogP contribution < -0.4 is 0 Å². The van der Waals surface area contributed by atoms with Gasteiger partial charge in [0.15, 0.2) is 0 Å². The average molecular weight is 326 g/mol. The number of rotatable bonds is 4. The zero-order valence-corrected chi connectivity index (χ0v) is 13.2. The van der Waals surface area contributed by atoms with Gasteiger partial charge in [-0.05, 0) is 12.5 Å². The number of aliphatic hydroxyl groups is 3. The lowest BCUT2D eigenvalue weighted by molar-refractivity contribution is -0.269. The normalized spacial score (nSPS) is 33.7. The molecule has 2 rings (SSSR count). The maximum atomic E-state index is 12.3. The average Bonchev–Trinajstić information content (AvgIpc) is 2.58. The molecule has 128 valence electrons. The summed E-state index contributed by atoms with van der Waals surface area (Å²) >= 11 is 0. The van der Waals surface area contributed by atoms with Gasteiger partial charge in [0.2, 0.25) is 5.60 Å². The monoisotopic (exact) mass is 326 g/mol. The molecule has 1 aliphatic rings. The topological polar surface area (TPSA) is 105 Å². The van der Waals surface area contributed by atoms with Gasteiger partial charge in [0.1, 0.15) is 24.4 Å². The lowest BCUT2D eigenvalue weighted by atomic mass is 9.80. The van der Waals surface area contributed by atoms with E-state index in [9.17, 15) is 20.1 Å². The van der Waals surface area contributed by atoms with Gasteiger partial charge in [-0.25, -0.2) is 4.79 Å². The van der Waals surface area contributed by atoms with Gasteiger partial charge in [0.25, 0.3) is 0 Å². The van der Waals surface area contributed by atoms with Gasteiger partial charge >= 0.3 is 5.97 Å². The molecule has 0 spiro atoms. The van der Waals surface area contributed by atoms with Crippen LogP contribution in [-0.2, 0) is 24.6 Å². The number of aliphatic hydroxyl groups excluding tert-OH is 2. The summed E-state index contributed by atoms with van der Waals surface area (Å²) in [4.78, 5) is 12.3. The molecule has 0 saturated carbocycles. The van der Waals surface area contributed by atoms with Crippen molar-refractivity contribution in [1.29, 1.82) is 0 Å². The molecule has 1 saturated heterocycles. The first-order valence-electron chi connectivity index (χ1n) is 7.28. The molecule has 0 unspecified atom stereocenters. The second kappa shape index (κ2) is 6.94. The molecule has 0 radical (unpaired) electrons. The highest BCUT2D eigenvalue weighted by Crippen LogP contribution is 2.36. The van der Waals surface area contributed by atoms with E-state index >= 15 is 0 Å². The number of methoxy groups -OCH3 is 2. The third-order valence-electron chi connectivity index (χ3n) is 4.22. The second-order valence-electron chi connectivity index (χ2n) is 5.57. The van der Waals surface area contributed by atoms with E-state index in [0.717, 1.165) is 7.11 Å². The number of esters is 1. The molecule has 3 N–H and O–H groups in total. The molecule has 1 aromatic carbocycles. The van der Waals surface area contributed by atoms with Crippen molar-refractivity contribution in [3.63, 3.8) is 0 Å². The molecule has 0 aliphatic carbocycles. The Kier molecular flexibility index (Phi) is 5.38. The molecule has 0 amide bonds. The number of ether oxygens (including phenoxy) is 3. The van der Waals surface area contributed by atoms with E-state index in [0.29, 0.717) is 0 Å². The summed E-state index contributed by atoms with van der Waals surface area (Å²) < 4.78 is 15.4. The predicted molar refractivity (Wildman–Crippen MR) is 79.5 cm³/mol. The minimum absolute atomic E-state index is 0.217. The van der Waals surface area contributed by atoms with Crippen molar-refractivity contribution in [2.45, 2.75) is 43.0 Å². The molecule has 7 heteroatoms. The maximum Gasteiger partial charge on any atom is 0.345 e. The zero-order chi connectivity index (χ0) is 17.2. The molecule has 6 atom stereocenters. The molecule has 23 heavy (non-hydrogen) atoms. The number of hydrogen-bond acceptors (Lipinski definition) is 7. The van der Waals surface area contributed by atoms with Crippen LogP contribution in [0.2, 0.25) is 0 Å². The van der Waals surface area contributed by atoms with Crippen LogP contribution >= 0.6 is 0 Å². The van der Waals surface area contributed by atoms with E-state index in [1.165, 1.54) is 19.2 Å². The van der Waals surface area contributed by atoms with Gasteiger partial charge in [0.05, 0.1) is 13.2 Å². The number of hydrogen-bond donors (Lipinski definition) is 3. The summed E-state index contributed by atoms with van der Waals surface area (Å²) in [5.74, 6) is -0.966. The number of benzene rings is 1. The lowest BCUT2D eigenvalue weighted by Gasteiger charge is -2.46. The Morgan fingerprint density at radius 1 is 1.17 bits per heavy atom. The van der Waals surface area contributed by atoms with Gasteiger partial charge < -0.3 is 29.5 Å². The van der Waals surface area contributed by atoms with Crippen LogP contribution in [0, 0.1) is 0 Å². The molecule has 0 bridgehead atoms. The first-order chi connectivity index (χ1) is 10.9. The fourth-order valence-electron chi connectivity index (χ4n) is 2.90. The molecule has 1 aromatic rings. The van der Waals surface area contributed by atoms with Crippen LogP contribution in [0.4, 0.5) is 0 Å². The summed E-state index contributed by atoms with van der Waals surface area (Å²) in [5, 5.41) is 31.6. The first-order valence-corrected chi connectivity index (χ1v) is 7.28. The Morgan fingerprint density at radius 3 is 2.30 bits per heavy atom. The Balaban J connectivity index is 2.49. The first kappa shape index (κ1) is 17.8. The highest BCUT2D eigenvalue weighted by molar-refractivity contribution is 5.82. The van der Waals surface area contributed by atoms with Crippen molar-refractivity contribution >= 4 is 5.97 Å². The minimum Gasteiger partial charge on any atom is -0.467 e. The molecule has 7 nitrogen and oxygen atoms in total. The van der Waals surface area contributed by atoms with Crippen LogP contribution in [0.15, 0.2) is 30.3 Å². The van der Waals surface area contributed by atoms with Crippen molar-refractivity contribution in [1.82, 2.24) is 0 Å². The molecule has 1 fully saturated rings. The van der Waals surface area contributed by atoms with Gasteiger partial charge in [-0.2, -0.15) is 0 Å². The minimum atomic E-state index is -2.24. The maximum absolute atomic E-state index is 12.3. The smallest absolute Gasteiger partial charge is 0.345 e. The predicted octanol–water partition coefficient (Wildman–Crippen LogP) is -0.429. The van der Waals surface area contributed by atoms with Crippen LogP contribution in [-0.4, -0.2) is 66.0 Å². The van der Waals surface area contributed by atoms with Crippen molar-refractivity contribution in [3.05, 3.63) is 35.9 Å². The number of carbonyl (C=O) groups excluding carboxylic acids is 1. The van der Waals surface area contributed by atoms with E-state index in [-0.39, 0.29) is 5.56 Å². The molecular weight excluding hydrogens is 304 g/mol. The standard InChI is InChI=1S/C16H22O7/c1-9-11(17)13(21-2)12(18)14(23-9)16(20,15(19)22-3)10-7-5-4-6-8-10/h4-9,11-14,17-18,20H,1-3H3/t9-,11-,12+,13-,14+,16+/m1/s1. The largest absolute Gasteiger partial charge is 0.467 e. The fraction of sp³-hybridized carbons (Fsp3) is 0.562. The summed E-state index contributed by atoms with van der Waals surface area (Å²) in [7, 11) is 2.46. The Bertz CT molecular complexity index is 534. The number of carbonyl (C=O) groups is 1. The highest BCUT2D eigenvalue weighted by Gasteiger charge is 2.57. The van der Waals surface area contributed by atoms with Crippen molar-refractivity contribution in [2.75, 3.05) is 14.2 Å². The van der Waals surface area contributed by atoms with E-state index < -0.39 is 42.1 Å². The summed E-state index contributed by atoms with van der Waals surface area (Å²) in [5.41, 5.74) is -2.02. The van der Waals surface area contributed by atoms with Gasteiger partial charge in [-0.3, -0.25) is 0 Å². The van der Waals surface area contributed by atoms with Crippen LogP contribution in [0.5, 0.6) is 0 Å². The molecule has 1 heterocycles. The van der Waals surface area contributed by atoms with Crippen molar-refractivity contribution in [3.8, 4) is 0 Å². The van der Waals surface area contributed by atoms with Crippen LogP contribution in [0.25, 0.3) is 0 Å². The fourth-order valence-corrected chi connectivity index (χ4v) is 2.90. The van der Waals surface area contributed by atoms with Crippen LogP contribution in [0.3, 0.4) is 0 Å². The zero-order valence-electron chi connectivity index (χ0n) is 13.2. The van der Waals surface area contributed by atoms with Crippen molar-refractivity contribution in [2.24, 2.45) is 0 Å². The van der Waals surface area contributed by atoms with E-state index in [1.807, 2.05) is 0 Å². The Labute approximate surface area is 134 Å². The lowest BCUT2D eigenvalue weighted by Crippen LogP contribution is -2.65. The van der Waals surface area contributed by atoms with Gasteiger partial charge in [0, 0.05) is 7.11 Å². The molecule has 1 aliphatic heterocycles. The van der Waals surface area contributed by atoms with E-state index in [2.05, 4.69) is 0 Å². The van der Waals surface area contributed by atoms with E-state index in [1.54, 1.807) is 25.1 Å². The summed E-state index contributed by atoms with van der Waals surface area (Å²) in [6.07, 6.45) is -5.66. The third-order valence-corrected chi connectivity index (χ3v) is 4.22. The summed E-state index contributed by atoms with van der Waals surface area (Å²) in [6, 6.07) is 8.08. The summed E-state index contributed by atoms with van der Waals surface area (Å²) in [6.45, 7) is 1.57. The molecular formula is C16H22O7. The van der Waals surface area contributed by atoms with Gasteiger partial charge in [-0.15, -0.1) is 0 Å². The quantitative estimate of drug-likeness (QED) is 0.645. The van der Waals surface area contributed by atoms with Gasteiger partial charge in [-0.1, -0.05) is 30.3 Å². The SMILES string of the molecule is COC(=O)[C@](O)(c1ccccc1)[C@H]1O[C@H](C)[C@@H](O)[C@@H](OC)[C@@H]1O. The second-order valence-corrected chi connectivity index (χ2v) is 5.57. The van der Waals surface area contributed by atoms with Crippen molar-refractivity contribution < 1.29 is 34.3 Å². The van der Waals surface area contributed by atoms with E-state index in [4.69, 9.17) is 14.2 Å². The molecule has 0 aromatic heterocycles. The Morgan fingerprint density at radius 2 is 1.78 bits per heavy atom. The Hall–Kier alpha value is -1.51. The van der Waals surface area contributed by atoms with Crippen LogP contribution in [0.1, 0.15) is 12.5 Å². The highest BCUT2D eigenvalue weighted by atomic mass is 16.6. The third kappa shape index (κ3) is 2.98.